The van der Waals surface area contributed by atoms with Crippen LogP contribution >= 0.6 is 0 Å². The molecule has 0 saturated carbocycles. The van der Waals surface area contributed by atoms with Gasteiger partial charge in [-0.1, -0.05) is 56.5 Å². The Bertz CT molecular complexity index is 445. The zero-order valence-corrected chi connectivity index (χ0v) is 11.1. The van der Waals surface area contributed by atoms with Crippen LogP contribution in [0.1, 0.15) is 38.2 Å². The topological polar surface area (TPSA) is 12.9 Å². The van der Waals surface area contributed by atoms with Gasteiger partial charge in [0.25, 0.3) is 0 Å². The van der Waals surface area contributed by atoms with Crippen molar-refractivity contribution in [1.29, 1.82) is 0 Å². The van der Waals surface area contributed by atoms with E-state index in [2.05, 4.69) is 42.2 Å². The van der Waals surface area contributed by atoms with Crippen LogP contribution in [0.5, 0.6) is 0 Å². The molecule has 94 valence electrons. The third kappa shape index (κ3) is 3.69. The third-order valence-electron chi connectivity index (χ3n) is 3.27. The van der Waals surface area contributed by atoms with Gasteiger partial charge >= 0.3 is 0 Å². The number of rotatable bonds is 6. The zero-order chi connectivity index (χ0) is 12.6. The Morgan fingerprint density at radius 2 is 1.72 bits per heavy atom. The summed E-state index contributed by atoms with van der Waals surface area (Å²) in [6, 6.07) is 13.0. The maximum atomic E-state index is 4.15. The van der Waals surface area contributed by atoms with Gasteiger partial charge in [0.05, 0.1) is 0 Å². The molecule has 0 aliphatic carbocycles. The number of benzene rings is 1. The summed E-state index contributed by atoms with van der Waals surface area (Å²) in [5, 5.41) is 0. The molecule has 0 atom stereocenters. The fourth-order valence-corrected chi connectivity index (χ4v) is 2.15. The van der Waals surface area contributed by atoms with Crippen molar-refractivity contribution in [3.8, 4) is 11.1 Å². The van der Waals surface area contributed by atoms with Crippen LogP contribution in [0.4, 0.5) is 0 Å². The Hall–Kier alpha value is -1.63. The molecule has 18 heavy (non-hydrogen) atoms. The van der Waals surface area contributed by atoms with E-state index >= 15 is 0 Å². The van der Waals surface area contributed by atoms with Crippen LogP contribution < -0.4 is 0 Å². The fourth-order valence-electron chi connectivity index (χ4n) is 2.15. The lowest BCUT2D eigenvalue weighted by atomic mass is 10.0. The van der Waals surface area contributed by atoms with Gasteiger partial charge in [0.15, 0.2) is 0 Å². The molecule has 0 bridgehead atoms. The predicted octanol–water partition coefficient (Wildman–Crippen LogP) is 4.87. The lowest BCUT2D eigenvalue weighted by Crippen LogP contribution is -1.86. The fraction of sp³-hybridized carbons (Fsp3) is 0.353. The SMILES string of the molecule is CCCCCCc1ccc(-c2cccnc2)cc1. The van der Waals surface area contributed by atoms with E-state index in [0.717, 1.165) is 0 Å². The van der Waals surface area contributed by atoms with Gasteiger partial charge in [-0.05, 0) is 35.6 Å². The summed E-state index contributed by atoms with van der Waals surface area (Å²) in [6.07, 6.45) is 10.2. The summed E-state index contributed by atoms with van der Waals surface area (Å²) < 4.78 is 0. The summed E-state index contributed by atoms with van der Waals surface area (Å²) in [5.41, 5.74) is 3.88. The molecule has 0 saturated heterocycles. The molecule has 0 fully saturated rings. The molecule has 1 heterocycles. The van der Waals surface area contributed by atoms with Crippen molar-refractivity contribution >= 4 is 0 Å². The molecular formula is C17H21N. The lowest BCUT2D eigenvalue weighted by Gasteiger charge is -2.04. The molecule has 1 heteroatoms. The highest BCUT2D eigenvalue weighted by molar-refractivity contribution is 5.62. The Balaban J connectivity index is 1.94. The first-order valence-corrected chi connectivity index (χ1v) is 6.89. The minimum atomic E-state index is 1.19. The quantitative estimate of drug-likeness (QED) is 0.655. The van der Waals surface area contributed by atoms with Gasteiger partial charge in [0.1, 0.15) is 0 Å². The summed E-state index contributed by atoms with van der Waals surface area (Å²) >= 11 is 0. The zero-order valence-electron chi connectivity index (χ0n) is 11.1. The van der Waals surface area contributed by atoms with Gasteiger partial charge in [-0.3, -0.25) is 4.98 Å². The number of aromatic nitrogens is 1. The van der Waals surface area contributed by atoms with Crippen molar-refractivity contribution in [2.24, 2.45) is 0 Å². The highest BCUT2D eigenvalue weighted by Crippen LogP contribution is 2.19. The molecule has 1 aromatic heterocycles. The second-order valence-electron chi connectivity index (χ2n) is 4.75. The summed E-state index contributed by atoms with van der Waals surface area (Å²) in [4.78, 5) is 4.15. The number of unbranched alkanes of at least 4 members (excludes halogenated alkanes) is 3. The molecule has 0 aliphatic rings. The molecule has 0 unspecified atom stereocenters. The average molecular weight is 239 g/mol. The van der Waals surface area contributed by atoms with Gasteiger partial charge in [0.2, 0.25) is 0 Å². The van der Waals surface area contributed by atoms with Gasteiger partial charge in [0, 0.05) is 12.4 Å². The largest absolute Gasteiger partial charge is 0.264 e. The predicted molar refractivity (Wildman–Crippen MR) is 77.5 cm³/mol. The highest BCUT2D eigenvalue weighted by Gasteiger charge is 1.98. The number of pyridine rings is 1. The van der Waals surface area contributed by atoms with Crippen molar-refractivity contribution in [3.63, 3.8) is 0 Å². The molecule has 1 nitrogen and oxygen atoms in total. The average Bonchev–Trinajstić information content (AvgIpc) is 2.45. The summed E-state index contributed by atoms with van der Waals surface area (Å²) in [6.45, 7) is 2.25. The van der Waals surface area contributed by atoms with Crippen molar-refractivity contribution in [3.05, 3.63) is 54.4 Å². The highest BCUT2D eigenvalue weighted by atomic mass is 14.6. The maximum Gasteiger partial charge on any atom is 0.0346 e. The van der Waals surface area contributed by atoms with E-state index in [-0.39, 0.29) is 0 Å². The molecule has 2 aromatic rings. The normalized spacial score (nSPS) is 10.5. The number of aryl methyl sites for hydroxylation is 1. The van der Waals surface area contributed by atoms with E-state index in [1.807, 2.05) is 18.5 Å². The van der Waals surface area contributed by atoms with Crippen molar-refractivity contribution < 1.29 is 0 Å². The second-order valence-corrected chi connectivity index (χ2v) is 4.75. The first-order chi connectivity index (χ1) is 8.90. The van der Waals surface area contributed by atoms with E-state index < -0.39 is 0 Å². The van der Waals surface area contributed by atoms with Crippen molar-refractivity contribution in [2.75, 3.05) is 0 Å². The molecule has 0 N–H and O–H groups in total. The minimum absolute atomic E-state index is 1.19. The molecule has 0 aliphatic heterocycles. The third-order valence-corrected chi connectivity index (χ3v) is 3.27. The van der Waals surface area contributed by atoms with Crippen molar-refractivity contribution in [2.45, 2.75) is 39.0 Å². The van der Waals surface area contributed by atoms with Gasteiger partial charge in [-0.2, -0.15) is 0 Å². The molecule has 0 amide bonds. The van der Waals surface area contributed by atoms with Gasteiger partial charge in [-0.15, -0.1) is 0 Å². The number of hydrogen-bond acceptors (Lipinski definition) is 1. The second kappa shape index (κ2) is 6.95. The van der Waals surface area contributed by atoms with Crippen LogP contribution in [0.15, 0.2) is 48.8 Å². The molecule has 0 spiro atoms. The molecule has 0 radical (unpaired) electrons. The molecular weight excluding hydrogens is 218 g/mol. The Morgan fingerprint density at radius 3 is 2.39 bits per heavy atom. The van der Waals surface area contributed by atoms with Crippen LogP contribution in [0.25, 0.3) is 11.1 Å². The smallest absolute Gasteiger partial charge is 0.0346 e. The van der Waals surface area contributed by atoms with Gasteiger partial charge in [-0.25, -0.2) is 0 Å². The lowest BCUT2D eigenvalue weighted by molar-refractivity contribution is 0.667. The maximum absolute atomic E-state index is 4.15. The minimum Gasteiger partial charge on any atom is -0.264 e. The molecule has 2 rings (SSSR count). The van der Waals surface area contributed by atoms with Crippen LogP contribution in [-0.4, -0.2) is 4.98 Å². The van der Waals surface area contributed by atoms with Crippen molar-refractivity contribution in [1.82, 2.24) is 4.98 Å². The summed E-state index contributed by atoms with van der Waals surface area (Å²) in [7, 11) is 0. The summed E-state index contributed by atoms with van der Waals surface area (Å²) in [5.74, 6) is 0. The first kappa shape index (κ1) is 12.8. The van der Waals surface area contributed by atoms with E-state index in [9.17, 15) is 0 Å². The van der Waals surface area contributed by atoms with Crippen LogP contribution in [0.2, 0.25) is 0 Å². The molecule has 1 aromatic carbocycles. The number of hydrogen-bond donors (Lipinski definition) is 0. The van der Waals surface area contributed by atoms with E-state index in [1.165, 1.54) is 48.8 Å². The van der Waals surface area contributed by atoms with Crippen LogP contribution in [0, 0.1) is 0 Å². The van der Waals surface area contributed by atoms with E-state index in [1.54, 1.807) is 0 Å². The van der Waals surface area contributed by atoms with Crippen LogP contribution in [-0.2, 0) is 6.42 Å². The number of nitrogens with zero attached hydrogens (tertiary/aromatic N) is 1. The first-order valence-electron chi connectivity index (χ1n) is 6.89. The van der Waals surface area contributed by atoms with Gasteiger partial charge < -0.3 is 0 Å². The Kier molecular flexibility index (Phi) is 4.95. The standard InChI is InChI=1S/C17H21N/c1-2-3-4-5-7-15-9-11-16(12-10-15)17-8-6-13-18-14-17/h6,8-14H,2-5,7H2,1H3. The van der Waals surface area contributed by atoms with E-state index in [4.69, 9.17) is 0 Å². The monoisotopic (exact) mass is 239 g/mol. The Morgan fingerprint density at radius 1 is 0.889 bits per heavy atom. The Labute approximate surface area is 110 Å². The van der Waals surface area contributed by atoms with E-state index in [0.29, 0.717) is 0 Å². The van der Waals surface area contributed by atoms with Crippen LogP contribution in [0.3, 0.4) is 0 Å².